The van der Waals surface area contributed by atoms with Crippen LogP contribution in [0.3, 0.4) is 0 Å². The van der Waals surface area contributed by atoms with Crippen LogP contribution < -0.4 is 14.4 Å². The average Bonchev–Trinajstić information content (AvgIpc) is 2.69. The molecular weight excluding hydrogens is 395 g/mol. The highest BCUT2D eigenvalue weighted by Crippen LogP contribution is 2.26. The molecule has 2 rings (SSSR count). The van der Waals surface area contributed by atoms with Crippen LogP contribution in [0.4, 0.5) is 10.1 Å². The number of carbonyl (C=O) groups is 1. The Morgan fingerprint density at radius 1 is 1.21 bits per heavy atom. The molecule has 0 fully saturated rings. The summed E-state index contributed by atoms with van der Waals surface area (Å²) in [4.78, 5) is 12.7. The van der Waals surface area contributed by atoms with Crippen LogP contribution in [0.2, 0.25) is 0 Å². The molecule has 2 aromatic carbocycles. The first-order valence-corrected chi connectivity index (χ1v) is 11.3. The molecule has 0 aliphatic rings. The Kier molecular flexibility index (Phi) is 8.01. The normalized spacial score (nSPS) is 12.3. The predicted octanol–water partition coefficient (Wildman–Crippen LogP) is 3.13. The van der Waals surface area contributed by atoms with Gasteiger partial charge in [0.15, 0.2) is 0 Å². The van der Waals surface area contributed by atoms with Crippen molar-refractivity contribution < 1.29 is 22.3 Å². The fourth-order valence-corrected chi connectivity index (χ4v) is 4.28. The SMILES string of the molecule is CC[C@H](C(=O)NCCCc1ccc(F)cc1)N(c1cccc(OC)c1)S(C)(=O)=O. The van der Waals surface area contributed by atoms with Crippen molar-refractivity contribution in [2.24, 2.45) is 0 Å². The van der Waals surface area contributed by atoms with Crippen LogP contribution >= 0.6 is 0 Å². The smallest absolute Gasteiger partial charge is 0.243 e. The van der Waals surface area contributed by atoms with E-state index >= 15 is 0 Å². The molecule has 1 amide bonds. The Morgan fingerprint density at radius 3 is 2.48 bits per heavy atom. The van der Waals surface area contributed by atoms with Crippen LogP contribution in [-0.2, 0) is 21.2 Å². The minimum Gasteiger partial charge on any atom is -0.497 e. The number of carbonyl (C=O) groups excluding carboxylic acids is 1. The third kappa shape index (κ3) is 6.45. The van der Waals surface area contributed by atoms with E-state index in [0.717, 1.165) is 16.1 Å². The summed E-state index contributed by atoms with van der Waals surface area (Å²) in [6.45, 7) is 2.16. The second-order valence-electron chi connectivity index (χ2n) is 6.71. The number of amides is 1. The molecule has 158 valence electrons. The van der Waals surface area contributed by atoms with Gasteiger partial charge in [-0.1, -0.05) is 25.1 Å². The Morgan fingerprint density at radius 2 is 1.90 bits per heavy atom. The Hall–Kier alpha value is -2.61. The number of ether oxygens (including phenoxy) is 1. The predicted molar refractivity (Wildman–Crippen MR) is 112 cm³/mol. The zero-order valence-corrected chi connectivity index (χ0v) is 17.7. The number of aryl methyl sites for hydroxylation is 1. The van der Waals surface area contributed by atoms with E-state index in [4.69, 9.17) is 4.74 Å². The van der Waals surface area contributed by atoms with Gasteiger partial charge < -0.3 is 10.1 Å². The molecule has 1 N–H and O–H groups in total. The van der Waals surface area contributed by atoms with Crippen molar-refractivity contribution in [3.63, 3.8) is 0 Å². The summed E-state index contributed by atoms with van der Waals surface area (Å²) < 4.78 is 44.2. The number of hydrogen-bond acceptors (Lipinski definition) is 4. The van der Waals surface area contributed by atoms with Crippen LogP contribution in [0.1, 0.15) is 25.3 Å². The molecule has 0 aliphatic carbocycles. The van der Waals surface area contributed by atoms with Gasteiger partial charge in [0.1, 0.15) is 17.6 Å². The van der Waals surface area contributed by atoms with E-state index in [0.29, 0.717) is 37.2 Å². The molecule has 0 aromatic heterocycles. The van der Waals surface area contributed by atoms with Gasteiger partial charge in [-0.2, -0.15) is 0 Å². The third-order valence-electron chi connectivity index (χ3n) is 4.49. The fraction of sp³-hybridized carbons (Fsp3) is 0.381. The summed E-state index contributed by atoms with van der Waals surface area (Å²) in [6, 6.07) is 12.0. The highest BCUT2D eigenvalue weighted by Gasteiger charge is 2.31. The third-order valence-corrected chi connectivity index (χ3v) is 5.67. The van der Waals surface area contributed by atoms with Gasteiger partial charge in [0.05, 0.1) is 19.1 Å². The van der Waals surface area contributed by atoms with E-state index in [9.17, 15) is 17.6 Å². The molecular formula is C21H27FN2O4S. The topological polar surface area (TPSA) is 75.7 Å². The number of anilines is 1. The van der Waals surface area contributed by atoms with Crippen LogP contribution in [-0.4, -0.2) is 40.3 Å². The van der Waals surface area contributed by atoms with E-state index in [1.165, 1.54) is 19.2 Å². The zero-order chi connectivity index (χ0) is 21.4. The number of hydrogen-bond donors (Lipinski definition) is 1. The van der Waals surface area contributed by atoms with Crippen LogP contribution in [0.25, 0.3) is 0 Å². The molecule has 1 atom stereocenters. The molecule has 0 heterocycles. The van der Waals surface area contributed by atoms with Crippen molar-refractivity contribution in [2.75, 3.05) is 24.2 Å². The van der Waals surface area contributed by atoms with Crippen LogP contribution in [0.15, 0.2) is 48.5 Å². The van der Waals surface area contributed by atoms with Gasteiger partial charge in [0, 0.05) is 12.6 Å². The van der Waals surface area contributed by atoms with Gasteiger partial charge in [0.2, 0.25) is 15.9 Å². The van der Waals surface area contributed by atoms with Crippen molar-refractivity contribution in [3.8, 4) is 5.75 Å². The van der Waals surface area contributed by atoms with Crippen molar-refractivity contribution in [2.45, 2.75) is 32.2 Å². The Labute approximate surface area is 171 Å². The van der Waals surface area contributed by atoms with Crippen molar-refractivity contribution in [3.05, 3.63) is 59.9 Å². The summed E-state index contributed by atoms with van der Waals surface area (Å²) in [5.74, 6) is -0.142. The van der Waals surface area contributed by atoms with Crippen molar-refractivity contribution >= 4 is 21.6 Å². The fourth-order valence-electron chi connectivity index (χ4n) is 3.08. The Balaban J connectivity index is 2.06. The van der Waals surface area contributed by atoms with Crippen molar-refractivity contribution in [1.82, 2.24) is 5.32 Å². The summed E-state index contributed by atoms with van der Waals surface area (Å²) in [5, 5.41) is 2.82. The van der Waals surface area contributed by atoms with Gasteiger partial charge in [0.25, 0.3) is 0 Å². The molecule has 0 saturated carbocycles. The lowest BCUT2D eigenvalue weighted by atomic mass is 10.1. The number of sulfonamides is 1. The highest BCUT2D eigenvalue weighted by molar-refractivity contribution is 7.92. The van der Waals surface area contributed by atoms with E-state index < -0.39 is 16.1 Å². The van der Waals surface area contributed by atoms with E-state index in [2.05, 4.69) is 5.32 Å². The van der Waals surface area contributed by atoms with Gasteiger partial charge in [-0.15, -0.1) is 0 Å². The van der Waals surface area contributed by atoms with E-state index in [-0.39, 0.29) is 11.7 Å². The summed E-state index contributed by atoms with van der Waals surface area (Å²) in [7, 11) is -2.20. The van der Waals surface area contributed by atoms with Crippen LogP contribution in [0, 0.1) is 5.82 Å². The maximum atomic E-state index is 12.9. The van der Waals surface area contributed by atoms with Crippen LogP contribution in [0.5, 0.6) is 5.75 Å². The monoisotopic (exact) mass is 422 g/mol. The molecule has 0 aliphatic heterocycles. The highest BCUT2D eigenvalue weighted by atomic mass is 32.2. The Bertz CT molecular complexity index is 917. The van der Waals surface area contributed by atoms with Gasteiger partial charge in [-0.25, -0.2) is 12.8 Å². The number of halogens is 1. The molecule has 0 bridgehead atoms. The minimum atomic E-state index is -3.70. The average molecular weight is 423 g/mol. The summed E-state index contributed by atoms with van der Waals surface area (Å²) >= 11 is 0. The summed E-state index contributed by atoms with van der Waals surface area (Å²) in [6.07, 6.45) is 2.74. The van der Waals surface area contributed by atoms with E-state index in [1.807, 2.05) is 0 Å². The number of nitrogens with one attached hydrogen (secondary N) is 1. The molecule has 0 saturated heterocycles. The number of methoxy groups -OCH3 is 1. The van der Waals surface area contributed by atoms with Gasteiger partial charge >= 0.3 is 0 Å². The lowest BCUT2D eigenvalue weighted by Gasteiger charge is -2.30. The van der Waals surface area contributed by atoms with Gasteiger partial charge in [-0.3, -0.25) is 9.10 Å². The molecule has 0 spiro atoms. The van der Waals surface area contributed by atoms with E-state index in [1.54, 1.807) is 43.3 Å². The van der Waals surface area contributed by atoms with Crippen molar-refractivity contribution in [1.29, 1.82) is 0 Å². The standard InChI is InChI=1S/C21H27FN2O4S/c1-4-20(21(25)23-14-6-7-16-10-12-17(22)13-11-16)24(29(3,26)27)18-8-5-9-19(15-18)28-2/h5,8-13,15,20H,4,6-7,14H2,1-3H3,(H,23,25)/t20-/m1/s1. The maximum Gasteiger partial charge on any atom is 0.243 e. The lowest BCUT2D eigenvalue weighted by molar-refractivity contribution is -0.122. The molecule has 29 heavy (non-hydrogen) atoms. The molecule has 2 aromatic rings. The molecule has 0 unspecified atom stereocenters. The number of rotatable bonds is 10. The first-order chi connectivity index (χ1) is 13.8. The lowest BCUT2D eigenvalue weighted by Crippen LogP contribution is -2.49. The second kappa shape index (κ2) is 10.2. The summed E-state index contributed by atoms with van der Waals surface area (Å²) in [5.41, 5.74) is 1.35. The molecule has 8 heteroatoms. The number of benzene rings is 2. The second-order valence-corrected chi connectivity index (χ2v) is 8.56. The number of nitrogens with zero attached hydrogens (tertiary/aromatic N) is 1. The van der Waals surface area contributed by atoms with Gasteiger partial charge in [-0.05, 0) is 49.1 Å². The quantitative estimate of drug-likeness (QED) is 0.597. The minimum absolute atomic E-state index is 0.286. The molecule has 6 nitrogen and oxygen atoms in total. The first kappa shape index (κ1) is 22.7. The largest absolute Gasteiger partial charge is 0.497 e. The molecule has 0 radical (unpaired) electrons. The first-order valence-electron chi connectivity index (χ1n) is 9.42. The maximum absolute atomic E-state index is 12.9. The zero-order valence-electron chi connectivity index (χ0n) is 16.9.